The minimum Gasteiger partial charge on any atom is -0.394 e. The molecule has 8 rings (SSSR count). The molecule has 26 N–H and O–H groups in total. The molecule has 49 nitrogen and oxygen atoms in total. The molecule has 0 spiro atoms. The third kappa shape index (κ3) is 21.9. The Morgan fingerprint density at radius 1 is 0.212 bits per heavy atom. The monoisotopic (exact) mass is 1640 g/mol. The highest BCUT2D eigenvalue weighted by Crippen LogP contribution is 2.39. The van der Waals surface area contributed by atoms with Gasteiger partial charge in [-0.25, -0.2) is 0 Å². The molecular formula is C64H106N8O41. The lowest BCUT2D eigenvalue weighted by Gasteiger charge is -2.52. The summed E-state index contributed by atoms with van der Waals surface area (Å²) in [6, 6.07) is -14.1. The molecule has 0 bridgehead atoms. The van der Waals surface area contributed by atoms with Crippen molar-refractivity contribution in [1.82, 2.24) is 42.5 Å². The summed E-state index contributed by atoms with van der Waals surface area (Å²) in [5.41, 5.74) is 0. The van der Waals surface area contributed by atoms with E-state index in [0.717, 1.165) is 55.4 Å². The summed E-state index contributed by atoms with van der Waals surface area (Å²) < 4.78 is 90.4. The van der Waals surface area contributed by atoms with Crippen molar-refractivity contribution < 1.29 is 201 Å². The third-order valence-electron chi connectivity index (χ3n) is 19.9. The lowest BCUT2D eigenvalue weighted by molar-refractivity contribution is -0.374. The van der Waals surface area contributed by atoms with Crippen LogP contribution in [0.15, 0.2) is 0 Å². The SMILES string of the molecule is CC(=O)N[C@H]1[C@H](O[C@H]2[C@H](O)[C@@H](NC(C)=O)[C@H](O[C@H]3[C@H](O)[C@@H](NC(C)=O)[C@H](O[C@H]4[C@H](O)[C@@H](NC(C)=O)C(O)O[C@@H]4CO)O[C@@H]3CO)O[C@@H]2CO)O[C@H](CO)[C@@H](O[C@@H]2O[C@H](CO)[C@@H](O[C@@H]3O[C@H](CO)[C@@H](O[C@@H]4O[C@H](CO)[C@@H](O[C@@H]5O[C@H](CO)[C@@H](O)[C@H](O)[C@H]5NC(C)=O)[C@H](O)[C@H]4NC(C)=O)[C@H](O)[C@H]3NC(C)=O)[C@H](O)[C@H]2NC(C)=O)[C@@H]1O. The van der Waals surface area contributed by atoms with Crippen molar-refractivity contribution in [2.45, 2.75) is 301 Å². The number of aliphatic hydroxyl groups excluding tert-OH is 18. The molecule has 8 amide bonds. The fourth-order valence-corrected chi connectivity index (χ4v) is 14.7. The zero-order valence-corrected chi connectivity index (χ0v) is 62.2. The highest BCUT2D eigenvalue weighted by atomic mass is 16.8. The molecule has 8 fully saturated rings. The van der Waals surface area contributed by atoms with E-state index in [4.69, 9.17) is 71.1 Å². The van der Waals surface area contributed by atoms with Gasteiger partial charge in [0.2, 0.25) is 47.3 Å². The Balaban J connectivity index is 0.991. The van der Waals surface area contributed by atoms with E-state index in [2.05, 4.69) is 42.5 Å². The van der Waals surface area contributed by atoms with E-state index in [1.807, 2.05) is 0 Å². The Hall–Kier alpha value is -5.56. The topological polar surface area (TPSA) is 735 Å². The maximum atomic E-state index is 13.1. The highest BCUT2D eigenvalue weighted by molar-refractivity contribution is 5.76. The van der Waals surface area contributed by atoms with Crippen LogP contribution in [0.4, 0.5) is 0 Å². The average molecular weight is 1640 g/mol. The first kappa shape index (κ1) is 92.9. The van der Waals surface area contributed by atoms with Crippen molar-refractivity contribution in [2.24, 2.45) is 0 Å². The Morgan fingerprint density at radius 2 is 0.354 bits per heavy atom. The van der Waals surface area contributed by atoms with Gasteiger partial charge in [0.05, 0.1) is 52.9 Å². The second-order valence-corrected chi connectivity index (χ2v) is 28.3. The number of hydrogen-bond acceptors (Lipinski definition) is 41. The minimum absolute atomic E-state index is 0.728. The molecule has 0 aromatic rings. The molecule has 0 aromatic heterocycles. The smallest absolute Gasteiger partial charge is 0.217 e. The lowest BCUT2D eigenvalue weighted by Crippen LogP contribution is -2.72. The molecule has 8 saturated heterocycles. The van der Waals surface area contributed by atoms with Crippen LogP contribution in [0, 0.1) is 0 Å². The van der Waals surface area contributed by atoms with Gasteiger partial charge in [-0.1, -0.05) is 0 Å². The van der Waals surface area contributed by atoms with Crippen LogP contribution < -0.4 is 42.5 Å². The van der Waals surface area contributed by atoms with Gasteiger partial charge in [0.25, 0.3) is 0 Å². The number of amides is 8. The van der Waals surface area contributed by atoms with Gasteiger partial charge in [0.1, 0.15) is 195 Å². The molecule has 40 atom stereocenters. The first-order valence-electron chi connectivity index (χ1n) is 36.1. The summed E-state index contributed by atoms with van der Waals surface area (Å²) in [5.74, 6) is -6.77. The van der Waals surface area contributed by atoms with Crippen molar-refractivity contribution in [1.29, 1.82) is 0 Å². The Bertz CT molecular complexity index is 3150. The van der Waals surface area contributed by atoms with Gasteiger partial charge >= 0.3 is 0 Å². The average Bonchev–Trinajstić information content (AvgIpc) is 0.765. The Labute approximate surface area is 642 Å². The van der Waals surface area contributed by atoms with Crippen molar-refractivity contribution in [3.05, 3.63) is 0 Å². The molecule has 0 aliphatic carbocycles. The number of nitrogens with one attached hydrogen (secondary N) is 8. The molecule has 113 heavy (non-hydrogen) atoms. The van der Waals surface area contributed by atoms with Crippen LogP contribution in [0.5, 0.6) is 0 Å². The largest absolute Gasteiger partial charge is 0.394 e. The quantitative estimate of drug-likeness (QED) is 0.0318. The molecule has 1 unspecified atom stereocenters. The number of aliphatic hydroxyl groups is 18. The molecule has 49 heteroatoms. The van der Waals surface area contributed by atoms with Gasteiger partial charge in [0.15, 0.2) is 50.3 Å². The summed E-state index contributed by atoms with van der Waals surface area (Å²) in [6.07, 6.45) is -60.6. The summed E-state index contributed by atoms with van der Waals surface area (Å²) in [5, 5.41) is 221. The van der Waals surface area contributed by atoms with E-state index in [0.29, 0.717) is 0 Å². The molecule has 648 valence electrons. The van der Waals surface area contributed by atoms with Crippen LogP contribution in [0.1, 0.15) is 55.4 Å². The molecule has 8 aliphatic heterocycles. The molecule has 0 saturated carbocycles. The van der Waals surface area contributed by atoms with Gasteiger partial charge in [0, 0.05) is 55.4 Å². The van der Waals surface area contributed by atoms with Crippen LogP contribution in [0.25, 0.3) is 0 Å². The van der Waals surface area contributed by atoms with Gasteiger partial charge in [-0.3, -0.25) is 38.4 Å². The number of ether oxygens (including phenoxy) is 15. The summed E-state index contributed by atoms with van der Waals surface area (Å²) in [4.78, 5) is 102. The van der Waals surface area contributed by atoms with E-state index in [9.17, 15) is 130 Å². The van der Waals surface area contributed by atoms with E-state index < -0.39 is 345 Å². The van der Waals surface area contributed by atoms with Crippen LogP contribution >= 0.6 is 0 Å². The zero-order chi connectivity index (χ0) is 83.6. The zero-order valence-electron chi connectivity index (χ0n) is 62.2. The second-order valence-electron chi connectivity index (χ2n) is 28.3. The summed E-state index contributed by atoms with van der Waals surface area (Å²) >= 11 is 0. The summed E-state index contributed by atoms with van der Waals surface area (Å²) in [6.45, 7) is -0.275. The normalized spacial score (nSPS) is 44.2. The fraction of sp³-hybridized carbons (Fsp3) is 0.875. The van der Waals surface area contributed by atoms with Crippen molar-refractivity contribution in [3.8, 4) is 0 Å². The molecular weight excluding hydrogens is 1540 g/mol. The van der Waals surface area contributed by atoms with Crippen LogP contribution in [0.3, 0.4) is 0 Å². The number of carbonyl (C=O) groups excluding carboxylic acids is 8. The number of rotatable bonds is 30. The predicted molar refractivity (Wildman–Crippen MR) is 357 cm³/mol. The third-order valence-corrected chi connectivity index (χ3v) is 19.9. The van der Waals surface area contributed by atoms with Crippen molar-refractivity contribution in [2.75, 3.05) is 52.9 Å². The molecule has 0 aromatic carbocycles. The molecule has 0 radical (unpaired) electrons. The van der Waals surface area contributed by atoms with E-state index in [-0.39, 0.29) is 0 Å². The van der Waals surface area contributed by atoms with Gasteiger partial charge < -0.3 is 206 Å². The minimum atomic E-state index is -2.17. The van der Waals surface area contributed by atoms with Crippen LogP contribution in [-0.4, -0.2) is 437 Å². The first-order chi connectivity index (χ1) is 53.4. The Morgan fingerprint density at radius 3 is 0.522 bits per heavy atom. The molecule has 8 heterocycles. The maximum absolute atomic E-state index is 13.1. The first-order valence-corrected chi connectivity index (χ1v) is 36.1. The predicted octanol–water partition coefficient (Wildman–Crippen LogP) is -17.3. The summed E-state index contributed by atoms with van der Waals surface area (Å²) in [7, 11) is 0. The van der Waals surface area contributed by atoms with E-state index in [1.54, 1.807) is 0 Å². The fourth-order valence-electron chi connectivity index (χ4n) is 14.7. The highest BCUT2D eigenvalue weighted by Gasteiger charge is 2.61. The van der Waals surface area contributed by atoms with Crippen LogP contribution in [0.2, 0.25) is 0 Å². The van der Waals surface area contributed by atoms with E-state index in [1.165, 1.54) is 0 Å². The van der Waals surface area contributed by atoms with Gasteiger partial charge in [-0.2, -0.15) is 0 Å². The van der Waals surface area contributed by atoms with Crippen LogP contribution in [-0.2, 0) is 109 Å². The molecule has 8 aliphatic rings. The van der Waals surface area contributed by atoms with Gasteiger partial charge in [-0.15, -0.1) is 0 Å². The lowest BCUT2D eigenvalue weighted by atomic mass is 9.92. The Kier molecular flexibility index (Phi) is 33.9. The van der Waals surface area contributed by atoms with E-state index >= 15 is 0 Å². The number of hydrogen-bond donors (Lipinski definition) is 26. The van der Waals surface area contributed by atoms with Gasteiger partial charge in [-0.05, 0) is 0 Å². The maximum Gasteiger partial charge on any atom is 0.217 e. The number of carbonyl (C=O) groups is 8. The standard InChI is InChI=1S/C64H106N8O41/c1-17(81)65-33-43(91)50(26(10-74)99-57(33)98)107-59-35(67-19(3)83)45(93)52(28(12-76)101-59)109-61-37(69-21(5)85)47(95)54(30(14-78)103-61)111-63-39(71-23(7)87)49(97)56(32(16-80)105-63)113-64-40(72-24(8)88)48(96)55(31(15-79)106-64)112-62-38(70-22(6)86)46(94)53(29(13-77)104-62)110-60-36(68-20(4)84)44(92)51(27(11-75)102-60)108-58-34(66-18(2)82)42(90)41(89)25(9-73)100-58/h25-64,73-80,89-98H,9-16H2,1-8H3,(H,65,81)(H,66,82)(H,67,83)(H,68,84)(H,69,85)(H,70,86)(H,71,87)(H,72,88)/t25-,26-,27-,28-,29-,30-,31-,32-,33-,34-,35-,36-,37-,38-,39-,40-,41-,42-,43-,44-,45-,46-,47-,48-,49-,50-,51-,52-,53-,54-,55-,56-,57?,58+,59+,60+,61+,62+,63+,64+/m1/s1. The second kappa shape index (κ2) is 41.2. The van der Waals surface area contributed by atoms with Crippen molar-refractivity contribution in [3.63, 3.8) is 0 Å². The van der Waals surface area contributed by atoms with Crippen molar-refractivity contribution >= 4 is 47.3 Å².